The molecule has 0 radical (unpaired) electrons. The Morgan fingerprint density at radius 1 is 1.11 bits per heavy atom. The first-order valence-electron chi connectivity index (χ1n) is 6.97. The van der Waals surface area contributed by atoms with Crippen molar-refractivity contribution in [3.05, 3.63) is 42.0 Å². The molecule has 0 saturated carbocycles. The Kier molecular flexibility index (Phi) is 6.20. The Morgan fingerprint density at radius 2 is 1.78 bits per heavy atom. The van der Waals surface area contributed by atoms with Gasteiger partial charge in [0, 0.05) is 5.56 Å². The van der Waals surface area contributed by atoms with E-state index in [0.717, 1.165) is 12.2 Å². The zero-order valence-electron chi connectivity index (χ0n) is 12.2. The molecular formula is C16H26OSi. The fraction of sp³-hybridized carbons (Fsp3) is 0.500. The van der Waals surface area contributed by atoms with Crippen LogP contribution in [0.1, 0.15) is 38.2 Å². The van der Waals surface area contributed by atoms with Gasteiger partial charge in [-0.25, -0.2) is 0 Å². The summed E-state index contributed by atoms with van der Waals surface area (Å²) in [5, 5.41) is 0. The molecular weight excluding hydrogens is 236 g/mol. The summed E-state index contributed by atoms with van der Waals surface area (Å²) in [6, 6.07) is 10.5. The Balaban J connectivity index is 2.76. The highest BCUT2D eigenvalue weighted by molar-refractivity contribution is 6.70. The minimum atomic E-state index is -1.54. The first-order valence-corrected chi connectivity index (χ1v) is 10.4. The first-order chi connectivity index (χ1) is 8.53. The molecule has 0 amide bonds. The minimum absolute atomic E-state index is 1.07. The lowest BCUT2D eigenvalue weighted by atomic mass is 10.1. The van der Waals surface area contributed by atoms with E-state index in [1.165, 1.54) is 24.8 Å². The van der Waals surface area contributed by atoms with Crippen LogP contribution in [-0.2, 0) is 4.43 Å². The van der Waals surface area contributed by atoms with Crippen LogP contribution >= 0.6 is 0 Å². The largest absolute Gasteiger partial charge is 0.544 e. The van der Waals surface area contributed by atoms with Crippen molar-refractivity contribution in [1.29, 1.82) is 0 Å². The van der Waals surface area contributed by atoms with Gasteiger partial charge in [0.2, 0.25) is 8.32 Å². The summed E-state index contributed by atoms with van der Waals surface area (Å²) < 4.78 is 6.20. The number of rotatable bonds is 7. The van der Waals surface area contributed by atoms with E-state index in [0.29, 0.717) is 0 Å². The molecule has 0 aliphatic heterocycles. The molecule has 0 atom stereocenters. The van der Waals surface area contributed by atoms with Gasteiger partial charge in [-0.1, -0.05) is 50.1 Å². The minimum Gasteiger partial charge on any atom is -0.544 e. The molecule has 100 valence electrons. The van der Waals surface area contributed by atoms with E-state index in [2.05, 4.69) is 56.9 Å². The molecule has 1 aromatic rings. The van der Waals surface area contributed by atoms with Crippen LogP contribution in [0.4, 0.5) is 0 Å². The van der Waals surface area contributed by atoms with Gasteiger partial charge in [0.25, 0.3) is 0 Å². The number of hydrogen-bond acceptors (Lipinski definition) is 1. The van der Waals surface area contributed by atoms with Crippen molar-refractivity contribution in [2.45, 2.75) is 52.2 Å². The molecule has 0 fully saturated rings. The monoisotopic (exact) mass is 262 g/mol. The highest BCUT2D eigenvalue weighted by atomic mass is 28.4. The van der Waals surface area contributed by atoms with Gasteiger partial charge in [0.15, 0.2) is 0 Å². The van der Waals surface area contributed by atoms with Crippen LogP contribution in [0.3, 0.4) is 0 Å². The van der Waals surface area contributed by atoms with E-state index in [4.69, 9.17) is 4.43 Å². The van der Waals surface area contributed by atoms with E-state index >= 15 is 0 Å². The normalized spacial score (nSPS) is 12.6. The van der Waals surface area contributed by atoms with Crippen molar-refractivity contribution in [1.82, 2.24) is 0 Å². The summed E-state index contributed by atoms with van der Waals surface area (Å²) in [7, 11) is -1.54. The third kappa shape index (κ3) is 6.06. The van der Waals surface area contributed by atoms with Crippen LogP contribution < -0.4 is 0 Å². The molecule has 0 heterocycles. The van der Waals surface area contributed by atoms with Crippen molar-refractivity contribution < 1.29 is 4.43 Å². The summed E-state index contributed by atoms with van der Waals surface area (Å²) in [6.07, 6.45) is 7.20. The average molecular weight is 262 g/mol. The van der Waals surface area contributed by atoms with Crippen LogP contribution in [0.2, 0.25) is 19.6 Å². The van der Waals surface area contributed by atoms with Crippen molar-refractivity contribution in [2.24, 2.45) is 0 Å². The van der Waals surface area contributed by atoms with Gasteiger partial charge < -0.3 is 4.43 Å². The zero-order valence-corrected chi connectivity index (χ0v) is 13.2. The summed E-state index contributed by atoms with van der Waals surface area (Å²) in [5.74, 6) is 1.07. The van der Waals surface area contributed by atoms with Crippen LogP contribution in [0, 0.1) is 0 Å². The number of hydrogen-bond donors (Lipinski definition) is 0. The maximum absolute atomic E-state index is 6.20. The Hall–Kier alpha value is -1.02. The predicted molar refractivity (Wildman–Crippen MR) is 83.0 cm³/mol. The number of benzene rings is 1. The maximum Gasteiger partial charge on any atom is 0.242 e. The second-order valence-corrected chi connectivity index (χ2v) is 10.1. The third-order valence-electron chi connectivity index (χ3n) is 2.61. The molecule has 1 aromatic carbocycles. The quantitative estimate of drug-likeness (QED) is 0.360. The molecule has 1 rings (SSSR count). The van der Waals surface area contributed by atoms with E-state index in [1.807, 2.05) is 6.07 Å². The second kappa shape index (κ2) is 7.42. The van der Waals surface area contributed by atoms with Crippen LogP contribution in [0.25, 0.3) is 5.76 Å². The van der Waals surface area contributed by atoms with Crippen LogP contribution in [-0.4, -0.2) is 8.32 Å². The lowest BCUT2D eigenvalue weighted by Gasteiger charge is -2.22. The Labute approximate surface area is 113 Å². The summed E-state index contributed by atoms with van der Waals surface area (Å²) >= 11 is 0. The van der Waals surface area contributed by atoms with Crippen molar-refractivity contribution in [2.75, 3.05) is 0 Å². The lowest BCUT2D eigenvalue weighted by Crippen LogP contribution is -2.24. The Morgan fingerprint density at radius 3 is 2.33 bits per heavy atom. The molecule has 0 aromatic heterocycles. The molecule has 0 bridgehead atoms. The van der Waals surface area contributed by atoms with Crippen molar-refractivity contribution in [3.8, 4) is 0 Å². The lowest BCUT2D eigenvalue weighted by molar-refractivity contribution is 0.511. The molecule has 0 saturated heterocycles. The highest BCUT2D eigenvalue weighted by Gasteiger charge is 2.18. The molecule has 0 aliphatic carbocycles. The van der Waals surface area contributed by atoms with Crippen molar-refractivity contribution >= 4 is 14.1 Å². The van der Waals surface area contributed by atoms with Crippen LogP contribution in [0.15, 0.2) is 36.4 Å². The van der Waals surface area contributed by atoms with Gasteiger partial charge >= 0.3 is 0 Å². The SMILES string of the molecule is CCCCCC=C(O[Si](C)(C)C)c1ccccc1. The van der Waals surface area contributed by atoms with E-state index in [-0.39, 0.29) is 0 Å². The number of unbranched alkanes of at least 4 members (excludes halogenated alkanes) is 3. The molecule has 0 unspecified atom stereocenters. The van der Waals surface area contributed by atoms with Gasteiger partial charge in [0.05, 0.1) is 0 Å². The molecule has 0 aliphatic rings. The number of allylic oxidation sites excluding steroid dienone is 1. The van der Waals surface area contributed by atoms with E-state index < -0.39 is 8.32 Å². The van der Waals surface area contributed by atoms with E-state index in [9.17, 15) is 0 Å². The zero-order chi connectivity index (χ0) is 13.4. The Bertz CT molecular complexity index is 362. The molecule has 0 spiro atoms. The summed E-state index contributed by atoms with van der Waals surface area (Å²) in [5.41, 5.74) is 1.21. The predicted octanol–water partition coefficient (Wildman–Crippen LogP) is 5.46. The maximum atomic E-state index is 6.20. The van der Waals surface area contributed by atoms with Crippen molar-refractivity contribution in [3.63, 3.8) is 0 Å². The van der Waals surface area contributed by atoms with Gasteiger partial charge in [-0.15, -0.1) is 0 Å². The summed E-state index contributed by atoms with van der Waals surface area (Å²) in [4.78, 5) is 0. The molecule has 2 heteroatoms. The smallest absolute Gasteiger partial charge is 0.242 e. The first kappa shape index (κ1) is 15.0. The van der Waals surface area contributed by atoms with Crippen LogP contribution in [0.5, 0.6) is 0 Å². The second-order valence-electron chi connectivity index (χ2n) is 5.64. The van der Waals surface area contributed by atoms with Gasteiger partial charge in [0.1, 0.15) is 5.76 Å². The molecule has 0 N–H and O–H groups in total. The van der Waals surface area contributed by atoms with Gasteiger partial charge in [-0.3, -0.25) is 0 Å². The summed E-state index contributed by atoms with van der Waals surface area (Å²) in [6.45, 7) is 8.93. The van der Waals surface area contributed by atoms with E-state index in [1.54, 1.807) is 0 Å². The molecule has 18 heavy (non-hydrogen) atoms. The highest BCUT2D eigenvalue weighted by Crippen LogP contribution is 2.22. The van der Waals surface area contributed by atoms with Gasteiger partial charge in [-0.05, 0) is 38.6 Å². The molecule has 1 nitrogen and oxygen atoms in total. The fourth-order valence-electron chi connectivity index (χ4n) is 1.78. The fourth-order valence-corrected chi connectivity index (χ4v) is 2.64. The average Bonchev–Trinajstić information content (AvgIpc) is 2.33. The van der Waals surface area contributed by atoms with Gasteiger partial charge in [-0.2, -0.15) is 0 Å². The third-order valence-corrected chi connectivity index (χ3v) is 3.44. The topological polar surface area (TPSA) is 9.23 Å². The standard InChI is InChI=1S/C16H26OSi/c1-5-6-7-11-14-16(17-18(2,3)4)15-12-9-8-10-13-15/h8-10,12-14H,5-7,11H2,1-4H3.